The fourth-order valence-electron chi connectivity index (χ4n) is 1.60. The monoisotopic (exact) mass is 257 g/mol. The van der Waals surface area contributed by atoms with Gasteiger partial charge in [-0.15, -0.1) is 0 Å². The van der Waals surface area contributed by atoms with Crippen molar-refractivity contribution >= 4 is 6.09 Å². The summed E-state index contributed by atoms with van der Waals surface area (Å²) in [7, 11) is 0. The van der Waals surface area contributed by atoms with E-state index in [2.05, 4.69) is 5.32 Å². The van der Waals surface area contributed by atoms with Gasteiger partial charge in [0.25, 0.3) is 0 Å². The van der Waals surface area contributed by atoms with Crippen LogP contribution >= 0.6 is 0 Å². The zero-order valence-corrected chi connectivity index (χ0v) is 10.3. The van der Waals surface area contributed by atoms with Crippen molar-refractivity contribution in [1.29, 1.82) is 0 Å². The number of amides is 1. The molecule has 2 rings (SSSR count). The van der Waals surface area contributed by atoms with Gasteiger partial charge in [0.1, 0.15) is 5.75 Å². The number of ether oxygens (including phenoxy) is 1. The van der Waals surface area contributed by atoms with Gasteiger partial charge in [-0.3, -0.25) is 0 Å². The summed E-state index contributed by atoms with van der Waals surface area (Å²) in [5.41, 5.74) is 0.752. The third-order valence-corrected chi connectivity index (χ3v) is 2.58. The molecule has 2 N–H and O–H groups in total. The van der Waals surface area contributed by atoms with Gasteiger partial charge in [0, 0.05) is 0 Å². The highest BCUT2D eigenvalue weighted by Gasteiger charge is 2.09. The Morgan fingerprint density at radius 2 is 1.63 bits per heavy atom. The lowest BCUT2D eigenvalue weighted by Gasteiger charge is -2.12. The molecule has 0 aliphatic heterocycles. The molecule has 0 saturated carbocycles. The molecule has 0 saturated heterocycles. The van der Waals surface area contributed by atoms with E-state index in [1.807, 2.05) is 24.3 Å². The number of benzene rings is 2. The number of aliphatic hydroxyl groups is 1. The highest BCUT2D eigenvalue weighted by molar-refractivity contribution is 5.70. The molecule has 4 nitrogen and oxygen atoms in total. The lowest BCUT2D eigenvalue weighted by molar-refractivity contribution is 0.161. The lowest BCUT2D eigenvalue weighted by atomic mass is 10.1. The van der Waals surface area contributed by atoms with Crippen LogP contribution in [0.5, 0.6) is 5.75 Å². The van der Waals surface area contributed by atoms with Crippen molar-refractivity contribution in [3.05, 3.63) is 66.2 Å². The Bertz CT molecular complexity index is 513. The average Bonchev–Trinajstić information content (AvgIpc) is 2.47. The van der Waals surface area contributed by atoms with Gasteiger partial charge in [-0.1, -0.05) is 48.5 Å². The molecule has 0 aliphatic rings. The van der Waals surface area contributed by atoms with Crippen molar-refractivity contribution in [1.82, 2.24) is 5.32 Å². The first-order chi connectivity index (χ1) is 9.25. The first-order valence-electron chi connectivity index (χ1n) is 5.99. The fraction of sp³-hybridized carbons (Fsp3) is 0.133. The first kappa shape index (κ1) is 13.1. The Balaban J connectivity index is 1.81. The number of rotatable bonds is 4. The van der Waals surface area contributed by atoms with Gasteiger partial charge in [0.2, 0.25) is 0 Å². The number of hydrogen-bond acceptors (Lipinski definition) is 3. The van der Waals surface area contributed by atoms with Crippen molar-refractivity contribution in [3.8, 4) is 5.75 Å². The Morgan fingerprint density at radius 1 is 1.05 bits per heavy atom. The topological polar surface area (TPSA) is 58.6 Å². The normalized spacial score (nSPS) is 11.6. The molecule has 0 heterocycles. The summed E-state index contributed by atoms with van der Waals surface area (Å²) in [6, 6.07) is 17.9. The van der Waals surface area contributed by atoms with Gasteiger partial charge in [-0.25, -0.2) is 4.79 Å². The predicted octanol–water partition coefficient (Wildman–Crippen LogP) is 2.51. The molecule has 4 heteroatoms. The minimum atomic E-state index is -0.746. The predicted molar refractivity (Wildman–Crippen MR) is 71.9 cm³/mol. The molecule has 0 spiro atoms. The second kappa shape index (κ2) is 6.56. The summed E-state index contributed by atoms with van der Waals surface area (Å²) in [4.78, 5) is 11.5. The Labute approximate surface area is 111 Å². The minimum absolute atomic E-state index is 0.107. The zero-order chi connectivity index (χ0) is 13.5. The smallest absolute Gasteiger partial charge is 0.410 e. The number of nitrogens with one attached hydrogen (secondary N) is 1. The van der Waals surface area contributed by atoms with Crippen molar-refractivity contribution in [2.24, 2.45) is 0 Å². The van der Waals surface area contributed by atoms with Crippen LogP contribution in [0.3, 0.4) is 0 Å². The minimum Gasteiger partial charge on any atom is -0.410 e. The summed E-state index contributed by atoms with van der Waals surface area (Å²) >= 11 is 0. The maximum Gasteiger partial charge on any atom is 0.412 e. The van der Waals surface area contributed by atoms with E-state index in [-0.39, 0.29) is 6.54 Å². The maximum atomic E-state index is 11.5. The molecule has 0 fully saturated rings. The molecule has 0 radical (unpaired) electrons. The number of hydrogen-bond donors (Lipinski definition) is 2. The van der Waals surface area contributed by atoms with Crippen molar-refractivity contribution < 1.29 is 14.6 Å². The standard InChI is InChI=1S/C15H15NO3/c17-14(12-7-3-1-4-8-12)11-16-15(18)19-13-9-5-2-6-10-13/h1-10,14,17H,11H2,(H,16,18). The zero-order valence-electron chi connectivity index (χ0n) is 10.3. The van der Waals surface area contributed by atoms with Crippen molar-refractivity contribution in [2.75, 3.05) is 6.54 Å². The average molecular weight is 257 g/mol. The Hall–Kier alpha value is -2.33. The Morgan fingerprint density at radius 3 is 2.26 bits per heavy atom. The fourth-order valence-corrected chi connectivity index (χ4v) is 1.60. The molecule has 1 amide bonds. The van der Waals surface area contributed by atoms with Crippen LogP contribution in [0, 0.1) is 0 Å². The van der Waals surface area contributed by atoms with E-state index in [1.54, 1.807) is 36.4 Å². The van der Waals surface area contributed by atoms with Crippen LogP contribution in [0.25, 0.3) is 0 Å². The molecule has 2 aromatic carbocycles. The van der Waals surface area contributed by atoms with Crippen LogP contribution < -0.4 is 10.1 Å². The summed E-state index contributed by atoms with van der Waals surface area (Å²) in [5, 5.41) is 12.4. The highest BCUT2D eigenvalue weighted by Crippen LogP contribution is 2.11. The summed E-state index contributed by atoms with van der Waals surface area (Å²) in [6.45, 7) is 0.107. The quantitative estimate of drug-likeness (QED) is 0.884. The van der Waals surface area contributed by atoms with Crippen LogP contribution in [-0.4, -0.2) is 17.7 Å². The third-order valence-electron chi connectivity index (χ3n) is 2.58. The number of carbonyl (C=O) groups is 1. The molecular weight excluding hydrogens is 242 g/mol. The number of carbonyl (C=O) groups excluding carboxylic acids is 1. The highest BCUT2D eigenvalue weighted by atomic mass is 16.6. The van der Waals surface area contributed by atoms with E-state index in [1.165, 1.54) is 0 Å². The molecule has 2 aromatic rings. The molecule has 0 aromatic heterocycles. The lowest BCUT2D eigenvalue weighted by Crippen LogP contribution is -2.30. The van der Waals surface area contributed by atoms with E-state index in [0.29, 0.717) is 5.75 Å². The van der Waals surface area contributed by atoms with Crippen LogP contribution in [0.4, 0.5) is 4.79 Å². The molecular formula is C15H15NO3. The van der Waals surface area contributed by atoms with Gasteiger partial charge < -0.3 is 15.2 Å². The van der Waals surface area contributed by atoms with E-state index in [9.17, 15) is 9.90 Å². The van der Waals surface area contributed by atoms with Gasteiger partial charge >= 0.3 is 6.09 Å². The van der Waals surface area contributed by atoms with E-state index in [0.717, 1.165) is 5.56 Å². The van der Waals surface area contributed by atoms with Crippen LogP contribution in [-0.2, 0) is 0 Å². The van der Waals surface area contributed by atoms with Crippen LogP contribution in [0.1, 0.15) is 11.7 Å². The van der Waals surface area contributed by atoms with Crippen LogP contribution in [0.15, 0.2) is 60.7 Å². The molecule has 1 unspecified atom stereocenters. The molecule has 0 aliphatic carbocycles. The summed E-state index contributed by atoms with van der Waals surface area (Å²) in [5.74, 6) is 0.467. The van der Waals surface area contributed by atoms with E-state index >= 15 is 0 Å². The summed E-state index contributed by atoms with van der Waals surface area (Å²) < 4.78 is 5.04. The van der Waals surface area contributed by atoms with Crippen molar-refractivity contribution in [3.63, 3.8) is 0 Å². The first-order valence-corrected chi connectivity index (χ1v) is 5.99. The van der Waals surface area contributed by atoms with Crippen molar-refractivity contribution in [2.45, 2.75) is 6.10 Å². The van der Waals surface area contributed by atoms with E-state index < -0.39 is 12.2 Å². The van der Waals surface area contributed by atoms with Crippen LogP contribution in [0.2, 0.25) is 0 Å². The number of para-hydroxylation sites is 1. The molecule has 0 bridgehead atoms. The number of aliphatic hydroxyl groups excluding tert-OH is 1. The van der Waals surface area contributed by atoms with E-state index in [4.69, 9.17) is 4.74 Å². The van der Waals surface area contributed by atoms with Gasteiger partial charge in [0.15, 0.2) is 0 Å². The largest absolute Gasteiger partial charge is 0.412 e. The Kier molecular flexibility index (Phi) is 4.53. The third kappa shape index (κ3) is 4.12. The van der Waals surface area contributed by atoms with Gasteiger partial charge in [-0.05, 0) is 17.7 Å². The molecule has 98 valence electrons. The summed E-state index contributed by atoms with van der Waals surface area (Å²) in [6.07, 6.45) is -1.33. The molecule has 19 heavy (non-hydrogen) atoms. The maximum absolute atomic E-state index is 11.5. The SMILES string of the molecule is O=C(NCC(O)c1ccccc1)Oc1ccccc1. The molecule has 1 atom stereocenters. The van der Waals surface area contributed by atoms with Gasteiger partial charge in [0.05, 0.1) is 12.6 Å². The second-order valence-corrected chi connectivity index (χ2v) is 4.01. The van der Waals surface area contributed by atoms with Gasteiger partial charge in [-0.2, -0.15) is 0 Å². The second-order valence-electron chi connectivity index (χ2n) is 4.01.